The fourth-order valence-electron chi connectivity index (χ4n) is 2.20. The van der Waals surface area contributed by atoms with Gasteiger partial charge in [0.15, 0.2) is 11.5 Å². The zero-order valence-corrected chi connectivity index (χ0v) is 12.8. The van der Waals surface area contributed by atoms with Crippen LogP contribution in [-0.2, 0) is 11.2 Å². The summed E-state index contributed by atoms with van der Waals surface area (Å²) in [5.74, 6) is -12.7. The van der Waals surface area contributed by atoms with E-state index >= 15 is 0 Å². The molecule has 4 nitrogen and oxygen atoms in total. The number of fused-ring (bicyclic) bond motifs is 3. The van der Waals surface area contributed by atoms with Crippen molar-refractivity contribution in [3.8, 4) is 11.5 Å². The van der Waals surface area contributed by atoms with E-state index in [1.54, 1.807) is 0 Å². The first-order chi connectivity index (χ1) is 19.5. The molecule has 2 aliphatic heterocycles. The topological polar surface area (TPSA) is 38.8 Å². The molecule has 0 aliphatic carbocycles. The van der Waals surface area contributed by atoms with Crippen LogP contribution in [0.3, 0.4) is 0 Å². The summed E-state index contributed by atoms with van der Waals surface area (Å²) in [6, 6.07) is -2.66. The van der Waals surface area contributed by atoms with Gasteiger partial charge in [0.2, 0.25) is 0 Å². The van der Waals surface area contributed by atoms with Crippen molar-refractivity contribution in [3.63, 3.8) is 0 Å². The van der Waals surface area contributed by atoms with E-state index in [1.807, 2.05) is 0 Å². The third-order valence-corrected chi connectivity index (χ3v) is 3.38. The number of hydrogen-bond acceptors (Lipinski definition) is 4. The summed E-state index contributed by atoms with van der Waals surface area (Å²) in [5.41, 5.74) is -2.03. The van der Waals surface area contributed by atoms with Crippen molar-refractivity contribution >= 4 is 5.78 Å². The number of ether oxygens (including phenoxy) is 2. The predicted octanol–water partition coefficient (Wildman–Crippen LogP) is 3.63. The van der Waals surface area contributed by atoms with Crippen LogP contribution in [0.2, 0.25) is 0 Å². The summed E-state index contributed by atoms with van der Waals surface area (Å²) >= 11 is 0. The maximum Gasteiger partial charge on any atom is 0.161 e. The van der Waals surface area contributed by atoms with E-state index in [-0.39, 0.29) is 0 Å². The van der Waals surface area contributed by atoms with Crippen LogP contribution in [0.15, 0.2) is 12.1 Å². The zero-order valence-electron chi connectivity index (χ0n) is 33.8. The molecule has 24 heavy (non-hydrogen) atoms. The quantitative estimate of drug-likeness (QED) is 0.811. The summed E-state index contributed by atoms with van der Waals surface area (Å²) < 4.78 is 185. The summed E-state index contributed by atoms with van der Waals surface area (Å²) in [5, 5.41) is 0. The van der Waals surface area contributed by atoms with Gasteiger partial charge in [-0.15, -0.1) is 0 Å². The molecule has 4 heteroatoms. The molecule has 0 saturated carbocycles. The highest BCUT2D eigenvalue weighted by molar-refractivity contribution is 5.83. The zero-order chi connectivity index (χ0) is 35.8. The SMILES string of the molecule is [2H]C([2H])([2H])Oc1cc2c(cc1OC)C([2H])([2H])C([2H])([2H])N1C([2H])([2H])C([2H])(C([2H])([2H])C([2H])(C([2H])([2H])[2H])C([2H])([2H])C)C(=O)C([2H])([2H])C21[2H]. The number of nitrogens with zero attached hydrogens (tertiary/aromatic N) is 1. The number of carbonyl (C=O) groups is 1. The second kappa shape index (κ2) is 7.14. The Balaban J connectivity index is 2.60. The fraction of sp³-hybridized carbons (Fsp3) is 0.650. The second-order valence-electron chi connectivity index (χ2n) is 4.76. The Labute approximate surface area is 174 Å². The van der Waals surface area contributed by atoms with Crippen LogP contribution in [0.5, 0.6) is 11.5 Å². The molecule has 1 aromatic carbocycles. The fourth-order valence-corrected chi connectivity index (χ4v) is 2.20. The molecule has 2 aliphatic rings. The van der Waals surface area contributed by atoms with Crippen LogP contribution in [-0.4, -0.2) is 37.8 Å². The molecule has 3 unspecified atom stereocenters. The van der Waals surface area contributed by atoms with Gasteiger partial charge >= 0.3 is 0 Å². The molecule has 0 aromatic heterocycles. The van der Waals surface area contributed by atoms with E-state index in [1.165, 1.54) is 0 Å². The lowest BCUT2D eigenvalue weighted by Gasteiger charge is -2.43. The average molecular weight is 353 g/mol. The predicted molar refractivity (Wildman–Crippen MR) is 94.8 cm³/mol. The van der Waals surface area contributed by atoms with Crippen LogP contribution in [0.25, 0.3) is 0 Å². The lowest BCUT2D eigenvalue weighted by molar-refractivity contribution is -0.129. The van der Waals surface area contributed by atoms with Crippen molar-refractivity contribution in [1.29, 1.82) is 0 Å². The maximum absolute atomic E-state index is 14.1. The van der Waals surface area contributed by atoms with E-state index in [0.29, 0.717) is 19.1 Å². The first-order valence-electron chi connectivity index (χ1n) is 17.3. The van der Waals surface area contributed by atoms with Gasteiger partial charge in [0.25, 0.3) is 0 Å². The number of benzene rings is 1. The number of rotatable bonds is 5. The molecule has 1 saturated heterocycles. The number of hydrogen-bond donors (Lipinski definition) is 0. The third-order valence-electron chi connectivity index (χ3n) is 3.38. The minimum absolute atomic E-state index is 0.398. The molecule has 3 atom stereocenters. The Hall–Kier alpha value is -1.55. The minimum atomic E-state index is -4.58. The summed E-state index contributed by atoms with van der Waals surface area (Å²) in [4.78, 5) is 13.5. The summed E-state index contributed by atoms with van der Waals surface area (Å²) in [7, 11) is -2.26. The van der Waals surface area contributed by atoms with E-state index in [0.717, 1.165) is 7.11 Å². The molecule has 3 rings (SSSR count). The number of carbonyl (C=O) groups excluding carboxylic acids is 1. The standard InChI is InChI=1S/C20H29NO3/c1-5-13(2)8-15-12-21-7-6-14-9-19(23-3)20(24-4)10-16(14)17(21)11-18(15)22/h9-10,13,15,17H,5-8,11-12H2,1-4H3/i2D3,4D3,5D2,6D2,7D2,8D2,11D2,12D2,13D,15D,17D. The van der Waals surface area contributed by atoms with Crippen molar-refractivity contribution in [3.05, 3.63) is 23.3 Å². The Bertz CT molecular complexity index is 1380. The normalized spacial score (nSPS) is 55.9. The summed E-state index contributed by atoms with van der Waals surface area (Å²) in [6.07, 6.45) is -15.8. The largest absolute Gasteiger partial charge is 0.493 e. The lowest BCUT2D eigenvalue weighted by Crippen LogP contribution is -2.46. The van der Waals surface area contributed by atoms with Gasteiger partial charge in [-0.3, -0.25) is 9.69 Å². The summed E-state index contributed by atoms with van der Waals surface area (Å²) in [6.45, 7) is -12.1. The highest BCUT2D eigenvalue weighted by Gasteiger charge is 2.38. The van der Waals surface area contributed by atoms with Crippen molar-refractivity contribution in [2.75, 3.05) is 27.1 Å². The monoisotopic (exact) mass is 352 g/mol. The average Bonchev–Trinajstić information content (AvgIpc) is 2.82. The van der Waals surface area contributed by atoms with Gasteiger partial charge in [0, 0.05) is 54.6 Å². The van der Waals surface area contributed by atoms with Gasteiger partial charge in [-0.1, -0.05) is 20.1 Å². The van der Waals surface area contributed by atoms with Crippen molar-refractivity contribution in [1.82, 2.24) is 4.90 Å². The van der Waals surface area contributed by atoms with E-state index in [2.05, 4.69) is 0 Å². The number of Topliss-reactive ketones (excluding diaryl/α,β-unsaturated/α-hetero) is 1. The van der Waals surface area contributed by atoms with E-state index in [9.17, 15) is 6.17 Å². The maximum atomic E-state index is 14.1. The van der Waals surface area contributed by atoms with Crippen LogP contribution in [0, 0.1) is 11.8 Å². The molecule has 0 N–H and O–H groups in total. The van der Waals surface area contributed by atoms with Crippen molar-refractivity contribution < 1.29 is 43.1 Å². The molecule has 1 aromatic rings. The van der Waals surface area contributed by atoms with Gasteiger partial charge in [0.1, 0.15) is 5.78 Å². The smallest absolute Gasteiger partial charge is 0.161 e. The molecule has 0 amide bonds. The number of ketones is 1. The Kier molecular flexibility index (Phi) is 1.49. The molecule has 0 radical (unpaired) electrons. The van der Waals surface area contributed by atoms with Gasteiger partial charge < -0.3 is 9.47 Å². The molecule has 0 bridgehead atoms. The number of aryl methyl sites for hydroxylation is 1. The lowest BCUT2D eigenvalue weighted by atomic mass is 9.79. The molecule has 0 spiro atoms. The Morgan fingerprint density at radius 2 is 2.38 bits per heavy atom. The third kappa shape index (κ3) is 3.16. The van der Waals surface area contributed by atoms with Gasteiger partial charge in [0.05, 0.1) is 19.6 Å². The van der Waals surface area contributed by atoms with Crippen LogP contribution in [0.1, 0.15) is 78.8 Å². The molecular formula is C20H29NO3. The second-order valence-corrected chi connectivity index (χ2v) is 4.76. The number of methoxy groups -OCH3 is 2. The molecule has 1 fully saturated rings. The highest BCUT2D eigenvalue weighted by Crippen LogP contribution is 2.42. The van der Waals surface area contributed by atoms with Gasteiger partial charge in [-0.05, 0) is 41.9 Å². The number of piperidine rings is 1. The van der Waals surface area contributed by atoms with Gasteiger partial charge in [-0.2, -0.15) is 0 Å². The first kappa shape index (κ1) is 5.00. The minimum Gasteiger partial charge on any atom is -0.493 e. The highest BCUT2D eigenvalue weighted by atomic mass is 16.5. The van der Waals surface area contributed by atoms with Crippen molar-refractivity contribution in [2.45, 2.75) is 45.3 Å². The van der Waals surface area contributed by atoms with Crippen LogP contribution < -0.4 is 9.47 Å². The van der Waals surface area contributed by atoms with E-state index < -0.39 is 103 Å². The molecule has 132 valence electrons. The Morgan fingerprint density at radius 3 is 3.08 bits per heavy atom. The van der Waals surface area contributed by atoms with Gasteiger partial charge in [-0.25, -0.2) is 0 Å². The van der Waals surface area contributed by atoms with E-state index in [4.69, 9.17) is 36.9 Å². The molecular weight excluding hydrogens is 302 g/mol. The Morgan fingerprint density at radius 1 is 1.54 bits per heavy atom. The van der Waals surface area contributed by atoms with Crippen LogP contribution in [0.4, 0.5) is 0 Å². The first-order valence-corrected chi connectivity index (χ1v) is 6.80. The van der Waals surface area contributed by atoms with Crippen LogP contribution >= 0.6 is 0 Å². The van der Waals surface area contributed by atoms with Crippen molar-refractivity contribution in [2.24, 2.45) is 11.8 Å². The molecule has 2 heterocycles.